The molecule has 2 aliphatic heterocycles. The molecule has 16 rings (SSSR count). The molecular formula is C67H49N9. The van der Waals surface area contributed by atoms with E-state index in [2.05, 4.69) is 239 Å². The van der Waals surface area contributed by atoms with Crippen LogP contribution in [0.25, 0.3) is 99.0 Å². The Labute approximate surface area is 437 Å². The summed E-state index contributed by atoms with van der Waals surface area (Å²) in [5.74, 6) is 0.800. The summed E-state index contributed by atoms with van der Waals surface area (Å²) >= 11 is 0. The molecular weight excluding hydrogens is 931 g/mol. The van der Waals surface area contributed by atoms with Crippen LogP contribution in [0.2, 0.25) is 0 Å². The van der Waals surface area contributed by atoms with E-state index in [9.17, 15) is 0 Å². The molecule has 362 valence electrons. The van der Waals surface area contributed by atoms with Gasteiger partial charge >= 0.3 is 0 Å². The Morgan fingerprint density at radius 1 is 0.461 bits per heavy atom. The van der Waals surface area contributed by atoms with E-state index in [1.54, 1.807) is 12.4 Å². The zero-order chi connectivity index (χ0) is 50.6. The summed E-state index contributed by atoms with van der Waals surface area (Å²) in [5.41, 5.74) is 21.4. The zero-order valence-electron chi connectivity index (χ0n) is 42.4. The quantitative estimate of drug-likeness (QED) is 0.167. The van der Waals surface area contributed by atoms with Crippen LogP contribution < -0.4 is 10.2 Å². The summed E-state index contributed by atoms with van der Waals surface area (Å²) in [6, 6.07) is 67.2. The van der Waals surface area contributed by atoms with Crippen LogP contribution in [-0.4, -0.2) is 34.3 Å². The summed E-state index contributed by atoms with van der Waals surface area (Å²) in [6.07, 6.45) is 6.26. The molecule has 2 aliphatic rings. The lowest BCUT2D eigenvalue weighted by atomic mass is 9.70. The van der Waals surface area contributed by atoms with E-state index in [0.29, 0.717) is 0 Å². The van der Waals surface area contributed by atoms with Crippen LogP contribution in [-0.2, 0) is 10.8 Å². The molecule has 9 aromatic carbocycles. The lowest BCUT2D eigenvalue weighted by Crippen LogP contribution is -2.31. The van der Waals surface area contributed by atoms with Crippen molar-refractivity contribution in [2.24, 2.45) is 0 Å². The Kier molecular flexibility index (Phi) is 8.73. The third kappa shape index (κ3) is 5.79. The van der Waals surface area contributed by atoms with Gasteiger partial charge in [0, 0.05) is 78.3 Å². The Balaban J connectivity index is 0.853. The first-order chi connectivity index (χ1) is 37.3. The Morgan fingerprint density at radius 3 is 1.66 bits per heavy atom. The van der Waals surface area contributed by atoms with Crippen LogP contribution in [0.15, 0.2) is 201 Å². The number of nitrogens with one attached hydrogen (secondary N) is 2. The molecule has 9 heteroatoms. The molecule has 7 heterocycles. The van der Waals surface area contributed by atoms with Gasteiger partial charge in [0.1, 0.15) is 16.9 Å². The Morgan fingerprint density at radius 2 is 1.03 bits per heavy atom. The normalized spacial score (nSPS) is 15.7. The number of hydrogen-bond donors (Lipinski definition) is 2. The van der Waals surface area contributed by atoms with Crippen LogP contribution in [0.3, 0.4) is 0 Å². The first-order valence-corrected chi connectivity index (χ1v) is 26.3. The number of aromatic nitrogens is 7. The standard InChI is InChI=1S/C67H49N9/c1-5-67(4)49-27-22-39(34-54(49)71-53-29-24-41(36-51(53)67)74-55-18-10-6-14-43(55)44-15-7-11-19-56(44)74)40-23-28-50-60(35-40)76(61-31-26-47-62-63(69-33-32-68-62)48-38-70-73-65(48)64(47)72-61)59-30-25-42(37-52(59)66(50,2)3)75-57-20-12-8-16-45(57)46-17-9-13-21-58(46)75/h6-38,71H,5H2,1-4H3,(H,70,73). The molecule has 14 aromatic rings. The van der Waals surface area contributed by atoms with Crippen molar-refractivity contribution in [2.75, 3.05) is 10.2 Å². The van der Waals surface area contributed by atoms with Crippen molar-refractivity contribution < 1.29 is 0 Å². The predicted octanol–water partition coefficient (Wildman–Crippen LogP) is 16.8. The van der Waals surface area contributed by atoms with Gasteiger partial charge in [-0.3, -0.25) is 20.0 Å². The van der Waals surface area contributed by atoms with Crippen molar-refractivity contribution in [1.29, 1.82) is 0 Å². The minimum atomic E-state index is -0.393. The van der Waals surface area contributed by atoms with E-state index >= 15 is 0 Å². The molecule has 1 atom stereocenters. The van der Waals surface area contributed by atoms with Crippen molar-refractivity contribution in [3.63, 3.8) is 0 Å². The number of H-pyrrole nitrogens is 1. The second kappa shape index (κ2) is 15.5. The first-order valence-electron chi connectivity index (χ1n) is 26.3. The predicted molar refractivity (Wildman–Crippen MR) is 312 cm³/mol. The largest absolute Gasteiger partial charge is 0.355 e. The van der Waals surface area contributed by atoms with Crippen LogP contribution in [0.4, 0.5) is 28.6 Å². The van der Waals surface area contributed by atoms with Gasteiger partial charge in [0.05, 0.1) is 50.7 Å². The van der Waals surface area contributed by atoms with Gasteiger partial charge < -0.3 is 14.5 Å². The molecule has 0 fully saturated rings. The molecule has 0 spiro atoms. The fourth-order valence-corrected chi connectivity index (χ4v) is 13.3. The molecule has 0 amide bonds. The van der Waals surface area contributed by atoms with Crippen molar-refractivity contribution in [1.82, 2.24) is 34.3 Å². The van der Waals surface area contributed by atoms with Crippen LogP contribution in [0.5, 0.6) is 0 Å². The van der Waals surface area contributed by atoms with Crippen LogP contribution >= 0.6 is 0 Å². The van der Waals surface area contributed by atoms with Gasteiger partial charge in [-0.05, 0) is 125 Å². The highest BCUT2D eigenvalue weighted by atomic mass is 15.2. The summed E-state index contributed by atoms with van der Waals surface area (Å²) in [7, 11) is 0. The molecule has 0 aliphatic carbocycles. The van der Waals surface area contributed by atoms with Gasteiger partial charge in [0.15, 0.2) is 0 Å². The number of nitrogens with zero attached hydrogens (tertiary/aromatic N) is 7. The molecule has 5 aromatic heterocycles. The highest BCUT2D eigenvalue weighted by molar-refractivity contribution is 6.20. The first kappa shape index (κ1) is 42.9. The maximum absolute atomic E-state index is 5.58. The Hall–Kier alpha value is -9.60. The monoisotopic (exact) mass is 979 g/mol. The van der Waals surface area contributed by atoms with Crippen LogP contribution in [0, 0.1) is 0 Å². The van der Waals surface area contributed by atoms with E-state index in [1.807, 2.05) is 6.20 Å². The number of pyridine rings is 1. The van der Waals surface area contributed by atoms with E-state index in [-0.39, 0.29) is 5.41 Å². The molecule has 2 N–H and O–H groups in total. The SMILES string of the molecule is CCC1(C)c2ccc(-c3ccc4c(c3)N(c3ccc5c6nccnc6c6cn[nH]c6c5n3)c3ccc(-n5c6ccccc6c6ccccc65)cc3C4(C)C)cc2Nc2ccc(-n3c4ccccc4c4ccccc43)cc21. The second-order valence-corrected chi connectivity index (χ2v) is 21.4. The number of benzene rings is 9. The fourth-order valence-electron chi connectivity index (χ4n) is 13.3. The van der Waals surface area contributed by atoms with Gasteiger partial charge in [-0.2, -0.15) is 5.10 Å². The highest BCUT2D eigenvalue weighted by Crippen LogP contribution is 2.55. The van der Waals surface area contributed by atoms with Gasteiger partial charge in [-0.25, -0.2) is 4.98 Å². The minimum Gasteiger partial charge on any atom is -0.355 e. The van der Waals surface area contributed by atoms with Crippen molar-refractivity contribution in [3.8, 4) is 22.5 Å². The zero-order valence-corrected chi connectivity index (χ0v) is 42.4. The molecule has 76 heavy (non-hydrogen) atoms. The maximum Gasteiger partial charge on any atom is 0.138 e. The van der Waals surface area contributed by atoms with Gasteiger partial charge in [0.2, 0.25) is 0 Å². The molecule has 9 nitrogen and oxygen atoms in total. The minimum absolute atomic E-state index is 0.236. The average molecular weight is 980 g/mol. The number of rotatable bonds is 5. The van der Waals surface area contributed by atoms with Crippen molar-refractivity contribution >= 4 is 105 Å². The number of fused-ring (bicyclic) bond motifs is 16. The second-order valence-electron chi connectivity index (χ2n) is 21.4. The number of aromatic amines is 1. The average Bonchev–Trinajstić information content (AvgIpc) is 4.21. The third-order valence-corrected chi connectivity index (χ3v) is 17.2. The third-order valence-electron chi connectivity index (χ3n) is 17.2. The summed E-state index contributed by atoms with van der Waals surface area (Å²) < 4.78 is 4.83. The molecule has 0 saturated heterocycles. The smallest absolute Gasteiger partial charge is 0.138 e. The Bertz CT molecular complexity index is 4700. The van der Waals surface area contributed by atoms with Crippen LogP contribution in [0.1, 0.15) is 56.4 Å². The highest BCUT2D eigenvalue weighted by Gasteiger charge is 2.40. The number of anilines is 5. The fraction of sp³-hybridized carbons (Fsp3) is 0.104. The number of para-hydroxylation sites is 4. The summed E-state index contributed by atoms with van der Waals surface area (Å²) in [5, 5.41) is 18.5. The van der Waals surface area contributed by atoms with Gasteiger partial charge in [0.25, 0.3) is 0 Å². The summed E-state index contributed by atoms with van der Waals surface area (Å²) in [6.45, 7) is 9.45. The maximum atomic E-state index is 5.58. The van der Waals surface area contributed by atoms with E-state index in [1.165, 1.54) is 71.6 Å². The molecule has 0 saturated carbocycles. The molecule has 1 unspecified atom stereocenters. The van der Waals surface area contributed by atoms with E-state index in [4.69, 9.17) is 15.0 Å². The van der Waals surface area contributed by atoms with Crippen molar-refractivity contribution in [2.45, 2.75) is 44.9 Å². The lowest BCUT2D eigenvalue weighted by Gasteiger charge is -2.42. The van der Waals surface area contributed by atoms with Crippen molar-refractivity contribution in [3.05, 3.63) is 223 Å². The topological polar surface area (TPSA) is 92.5 Å². The number of hydrogen-bond acceptors (Lipinski definition) is 6. The van der Waals surface area contributed by atoms with E-state index in [0.717, 1.165) is 84.6 Å². The molecule has 0 bridgehead atoms. The summed E-state index contributed by atoms with van der Waals surface area (Å²) in [4.78, 5) is 17.5. The lowest BCUT2D eigenvalue weighted by molar-refractivity contribution is 0.548. The van der Waals surface area contributed by atoms with Gasteiger partial charge in [-0.15, -0.1) is 0 Å². The van der Waals surface area contributed by atoms with E-state index < -0.39 is 5.41 Å². The van der Waals surface area contributed by atoms with Gasteiger partial charge in [-0.1, -0.05) is 125 Å². The molecule has 0 radical (unpaired) electrons.